The Hall–Kier alpha value is -1.16. The van der Waals surface area contributed by atoms with Gasteiger partial charge in [-0.15, -0.1) is 0 Å². The highest BCUT2D eigenvalue weighted by molar-refractivity contribution is 7.87. The molecule has 0 unspecified atom stereocenters. The second-order valence-electron chi connectivity index (χ2n) is 3.39. The van der Waals surface area contributed by atoms with Crippen molar-refractivity contribution in [1.29, 1.82) is 0 Å². The lowest BCUT2D eigenvalue weighted by Crippen LogP contribution is -2.37. The summed E-state index contributed by atoms with van der Waals surface area (Å²) in [6.07, 6.45) is 1.52. The molecule has 0 atom stereocenters. The highest BCUT2D eigenvalue weighted by atomic mass is 32.2. The van der Waals surface area contributed by atoms with Crippen LogP contribution in [0.3, 0.4) is 0 Å². The first-order chi connectivity index (χ1) is 7.96. The van der Waals surface area contributed by atoms with Crippen LogP contribution in [0.5, 0.6) is 0 Å². The van der Waals surface area contributed by atoms with E-state index in [-0.39, 0.29) is 13.1 Å². The molecule has 4 N–H and O–H groups in total. The molecule has 9 heteroatoms. The van der Waals surface area contributed by atoms with Gasteiger partial charge in [0.25, 0.3) is 10.2 Å². The number of nitrogens with one attached hydrogen (secondary N) is 2. The minimum Gasteiger partial charge on any atom is -0.384 e. The van der Waals surface area contributed by atoms with Gasteiger partial charge in [0.1, 0.15) is 5.82 Å². The Morgan fingerprint density at radius 3 is 2.76 bits per heavy atom. The Balaban J connectivity index is 2.47. The average Bonchev–Trinajstić information content (AvgIpc) is 2.58. The zero-order valence-electron chi connectivity index (χ0n) is 9.80. The van der Waals surface area contributed by atoms with Crippen LogP contribution in [0, 0.1) is 0 Å². The zero-order valence-corrected chi connectivity index (χ0v) is 10.6. The summed E-state index contributed by atoms with van der Waals surface area (Å²) in [5.74, 6) is 0.435. The number of anilines is 1. The van der Waals surface area contributed by atoms with Gasteiger partial charge < -0.3 is 10.5 Å². The number of aryl methyl sites for hydroxylation is 1. The molecule has 0 amide bonds. The smallest absolute Gasteiger partial charge is 0.277 e. The Morgan fingerprint density at radius 1 is 1.53 bits per heavy atom. The third-order valence-corrected chi connectivity index (χ3v) is 3.22. The molecule has 17 heavy (non-hydrogen) atoms. The van der Waals surface area contributed by atoms with Crippen LogP contribution < -0.4 is 15.2 Å². The fourth-order valence-electron chi connectivity index (χ4n) is 1.13. The summed E-state index contributed by atoms with van der Waals surface area (Å²) >= 11 is 0. The maximum atomic E-state index is 11.5. The second kappa shape index (κ2) is 5.96. The van der Waals surface area contributed by atoms with E-state index in [1.165, 1.54) is 18.0 Å². The molecule has 0 aliphatic rings. The van der Waals surface area contributed by atoms with Crippen LogP contribution in [0.2, 0.25) is 0 Å². The van der Waals surface area contributed by atoms with E-state index in [4.69, 9.17) is 10.5 Å². The summed E-state index contributed by atoms with van der Waals surface area (Å²) in [5, 5.41) is 3.91. The molecule has 0 saturated carbocycles. The highest BCUT2D eigenvalue weighted by Crippen LogP contribution is 2.08. The summed E-state index contributed by atoms with van der Waals surface area (Å²) in [4.78, 5) is 0. The van der Waals surface area contributed by atoms with Crippen LogP contribution in [-0.4, -0.2) is 38.5 Å². The minimum absolute atomic E-state index is 0.0992. The fourth-order valence-corrected chi connectivity index (χ4v) is 1.93. The predicted molar refractivity (Wildman–Crippen MR) is 63.3 cm³/mol. The monoisotopic (exact) mass is 263 g/mol. The summed E-state index contributed by atoms with van der Waals surface area (Å²) in [7, 11) is -0.349. The van der Waals surface area contributed by atoms with Crippen molar-refractivity contribution in [2.75, 3.05) is 26.0 Å². The first-order valence-electron chi connectivity index (χ1n) is 4.96. The van der Waals surface area contributed by atoms with E-state index in [2.05, 4.69) is 14.5 Å². The van der Waals surface area contributed by atoms with Crippen molar-refractivity contribution in [3.05, 3.63) is 11.8 Å². The van der Waals surface area contributed by atoms with Crippen LogP contribution in [0.1, 0.15) is 5.56 Å². The first-order valence-corrected chi connectivity index (χ1v) is 6.44. The van der Waals surface area contributed by atoms with E-state index >= 15 is 0 Å². The number of methoxy groups -OCH3 is 1. The van der Waals surface area contributed by atoms with Crippen molar-refractivity contribution in [2.45, 2.75) is 6.54 Å². The number of hydrogen-bond acceptors (Lipinski definition) is 5. The molecular weight excluding hydrogens is 246 g/mol. The third-order valence-electron chi connectivity index (χ3n) is 2.12. The Kier molecular flexibility index (Phi) is 4.87. The number of rotatable bonds is 7. The molecule has 1 heterocycles. The molecular formula is C8H17N5O3S. The zero-order chi connectivity index (χ0) is 12.9. The minimum atomic E-state index is -3.53. The van der Waals surface area contributed by atoms with Gasteiger partial charge in [-0.3, -0.25) is 4.68 Å². The van der Waals surface area contributed by atoms with E-state index in [0.29, 0.717) is 18.0 Å². The van der Waals surface area contributed by atoms with E-state index in [1.54, 1.807) is 7.05 Å². The molecule has 0 spiro atoms. The molecule has 0 aliphatic heterocycles. The van der Waals surface area contributed by atoms with Gasteiger partial charge in [-0.2, -0.15) is 23.0 Å². The predicted octanol–water partition coefficient (Wildman–Crippen LogP) is -1.43. The maximum absolute atomic E-state index is 11.5. The van der Waals surface area contributed by atoms with E-state index < -0.39 is 10.2 Å². The van der Waals surface area contributed by atoms with Crippen molar-refractivity contribution < 1.29 is 13.2 Å². The van der Waals surface area contributed by atoms with Crippen LogP contribution in [0.15, 0.2) is 6.20 Å². The van der Waals surface area contributed by atoms with Crippen molar-refractivity contribution in [3.8, 4) is 0 Å². The largest absolute Gasteiger partial charge is 0.384 e. The Bertz CT molecular complexity index is 456. The number of aromatic nitrogens is 2. The van der Waals surface area contributed by atoms with Gasteiger partial charge in [-0.05, 0) is 0 Å². The van der Waals surface area contributed by atoms with Gasteiger partial charge >= 0.3 is 0 Å². The number of nitrogens with zero attached hydrogens (tertiary/aromatic N) is 2. The van der Waals surface area contributed by atoms with Crippen molar-refractivity contribution in [2.24, 2.45) is 7.05 Å². The van der Waals surface area contributed by atoms with E-state index in [9.17, 15) is 8.42 Å². The van der Waals surface area contributed by atoms with Gasteiger partial charge in [-0.1, -0.05) is 0 Å². The molecule has 98 valence electrons. The van der Waals surface area contributed by atoms with Crippen LogP contribution in [0.25, 0.3) is 0 Å². The van der Waals surface area contributed by atoms with Gasteiger partial charge in [0.05, 0.1) is 12.8 Å². The molecule has 8 nitrogen and oxygen atoms in total. The molecule has 0 saturated heterocycles. The number of nitrogens with two attached hydrogens (primary N) is 1. The lowest BCUT2D eigenvalue weighted by Gasteiger charge is -2.07. The lowest BCUT2D eigenvalue weighted by molar-refractivity contribution is 0.204. The summed E-state index contributed by atoms with van der Waals surface area (Å²) < 4.78 is 33.8. The van der Waals surface area contributed by atoms with Gasteiger partial charge in [0, 0.05) is 32.8 Å². The Labute approximate surface area is 100 Å². The lowest BCUT2D eigenvalue weighted by atomic mass is 10.3. The fraction of sp³-hybridized carbons (Fsp3) is 0.625. The summed E-state index contributed by atoms with van der Waals surface area (Å²) in [6, 6.07) is 0. The quantitative estimate of drug-likeness (QED) is 0.522. The van der Waals surface area contributed by atoms with Crippen molar-refractivity contribution in [1.82, 2.24) is 19.2 Å². The molecule has 0 radical (unpaired) electrons. The standard InChI is InChI=1S/C8H17N5O3S/c1-13-8(9)7(5-10-13)6-12-17(14,15)11-3-4-16-2/h5,11-12H,3-4,6,9H2,1-2H3. The molecule has 0 fully saturated rings. The number of ether oxygens (including phenoxy) is 1. The van der Waals surface area contributed by atoms with E-state index in [1.807, 2.05) is 0 Å². The molecule has 1 rings (SSSR count). The second-order valence-corrected chi connectivity index (χ2v) is 4.97. The molecule has 0 aromatic carbocycles. The Morgan fingerprint density at radius 2 is 2.24 bits per heavy atom. The van der Waals surface area contributed by atoms with Crippen LogP contribution >= 0.6 is 0 Å². The SMILES string of the molecule is COCCNS(=O)(=O)NCc1cnn(C)c1N. The highest BCUT2D eigenvalue weighted by Gasteiger charge is 2.11. The maximum Gasteiger partial charge on any atom is 0.277 e. The average molecular weight is 263 g/mol. The summed E-state index contributed by atoms with van der Waals surface area (Å²) in [6.45, 7) is 0.631. The molecule has 1 aromatic heterocycles. The molecule has 1 aromatic rings. The first kappa shape index (κ1) is 13.9. The molecule has 0 aliphatic carbocycles. The third kappa shape index (κ3) is 4.30. The normalized spacial score (nSPS) is 11.9. The summed E-state index contributed by atoms with van der Waals surface area (Å²) in [5.41, 5.74) is 6.31. The van der Waals surface area contributed by atoms with Crippen molar-refractivity contribution >= 4 is 16.0 Å². The molecule has 0 bridgehead atoms. The van der Waals surface area contributed by atoms with Gasteiger partial charge in [-0.25, -0.2) is 0 Å². The van der Waals surface area contributed by atoms with Crippen LogP contribution in [-0.2, 0) is 28.5 Å². The van der Waals surface area contributed by atoms with E-state index in [0.717, 1.165) is 0 Å². The van der Waals surface area contributed by atoms with Crippen molar-refractivity contribution in [3.63, 3.8) is 0 Å². The van der Waals surface area contributed by atoms with Crippen LogP contribution in [0.4, 0.5) is 5.82 Å². The number of hydrogen-bond donors (Lipinski definition) is 3. The number of nitrogen functional groups attached to an aromatic ring is 1. The van der Waals surface area contributed by atoms with Gasteiger partial charge in [0.15, 0.2) is 0 Å². The van der Waals surface area contributed by atoms with Gasteiger partial charge in [0.2, 0.25) is 0 Å². The topological polar surface area (TPSA) is 111 Å².